The second kappa shape index (κ2) is 7.57. The maximum atomic E-state index is 12.9. The van der Waals surface area contributed by atoms with E-state index in [-0.39, 0.29) is 16.9 Å². The molecule has 0 radical (unpaired) electrons. The van der Waals surface area contributed by atoms with Crippen LogP contribution < -0.4 is 16.2 Å². The lowest BCUT2D eigenvalue weighted by atomic mass is 10.3. The lowest BCUT2D eigenvalue weighted by molar-refractivity contribution is 0.315. The first-order chi connectivity index (χ1) is 8.99. The smallest absolute Gasteiger partial charge is 0.193 e. The zero-order chi connectivity index (χ0) is 14.3. The van der Waals surface area contributed by atoms with Crippen LogP contribution in [0, 0.1) is 17.0 Å². The number of hydrogen-bond donors (Lipinski definition) is 3. The zero-order valence-electron chi connectivity index (χ0n) is 10.0. The zero-order valence-corrected chi connectivity index (χ0v) is 10.8. The van der Waals surface area contributed by atoms with E-state index in [1.165, 1.54) is 17.8 Å². The first-order valence-electron chi connectivity index (χ1n) is 5.38. The van der Waals surface area contributed by atoms with Crippen molar-refractivity contribution in [3.05, 3.63) is 29.8 Å². The van der Waals surface area contributed by atoms with Crippen molar-refractivity contribution in [1.29, 1.82) is 5.41 Å². The van der Waals surface area contributed by atoms with Crippen LogP contribution in [0.25, 0.3) is 0 Å². The Kier molecular flexibility index (Phi) is 6.07. The number of halogens is 2. The summed E-state index contributed by atoms with van der Waals surface area (Å²) in [5, 5.41) is 7.37. The average Bonchev–Trinajstić information content (AvgIpc) is 2.32. The lowest BCUT2D eigenvalue weighted by Gasteiger charge is -2.06. The van der Waals surface area contributed by atoms with Gasteiger partial charge >= 0.3 is 0 Å². The predicted molar refractivity (Wildman–Crippen MR) is 72.5 cm³/mol. The molecule has 5 nitrogen and oxygen atoms in total. The molecule has 0 saturated carbocycles. The van der Waals surface area contributed by atoms with Crippen LogP contribution in [0.5, 0.6) is 5.75 Å². The van der Waals surface area contributed by atoms with E-state index in [0.29, 0.717) is 18.8 Å². The van der Waals surface area contributed by atoms with E-state index in [4.69, 9.17) is 21.6 Å². The number of thioether (sulfide) groups is 1. The SMILES string of the molecule is N=C(N=C(N)N)SCCCOc1ccc(F)c(F)c1. The number of guanidine groups is 1. The van der Waals surface area contributed by atoms with Gasteiger partial charge in [0, 0.05) is 11.8 Å². The molecule has 104 valence electrons. The third-order valence-electron chi connectivity index (χ3n) is 1.92. The van der Waals surface area contributed by atoms with Crippen molar-refractivity contribution in [1.82, 2.24) is 0 Å². The third kappa shape index (κ3) is 6.05. The van der Waals surface area contributed by atoms with Crippen LogP contribution in [0.15, 0.2) is 23.2 Å². The van der Waals surface area contributed by atoms with E-state index in [1.54, 1.807) is 0 Å². The first kappa shape index (κ1) is 15.2. The molecule has 8 heteroatoms. The summed E-state index contributed by atoms with van der Waals surface area (Å²) in [6, 6.07) is 3.35. The topological polar surface area (TPSA) is 97.5 Å². The number of aliphatic imine (C=N–C) groups is 1. The summed E-state index contributed by atoms with van der Waals surface area (Å²) < 4.78 is 30.7. The minimum atomic E-state index is -0.943. The molecule has 0 aromatic heterocycles. The van der Waals surface area contributed by atoms with E-state index in [2.05, 4.69) is 4.99 Å². The highest BCUT2D eigenvalue weighted by Gasteiger charge is 2.03. The predicted octanol–water partition coefficient (Wildman–Crippen LogP) is 1.68. The Bertz CT molecular complexity index is 478. The largest absolute Gasteiger partial charge is 0.493 e. The molecule has 0 atom stereocenters. The van der Waals surface area contributed by atoms with Gasteiger partial charge in [0.2, 0.25) is 0 Å². The van der Waals surface area contributed by atoms with Crippen LogP contribution in [-0.2, 0) is 0 Å². The number of nitrogens with one attached hydrogen (secondary N) is 1. The normalized spacial score (nSPS) is 10.0. The van der Waals surface area contributed by atoms with E-state index >= 15 is 0 Å². The van der Waals surface area contributed by atoms with Gasteiger partial charge in [0.05, 0.1) is 6.61 Å². The molecule has 0 unspecified atom stereocenters. The lowest BCUT2D eigenvalue weighted by Crippen LogP contribution is -2.23. The summed E-state index contributed by atoms with van der Waals surface area (Å²) in [4.78, 5) is 3.54. The molecule has 1 aromatic rings. The first-order valence-corrected chi connectivity index (χ1v) is 6.36. The summed E-state index contributed by atoms with van der Waals surface area (Å²) in [5.74, 6) is -1.16. The van der Waals surface area contributed by atoms with Crippen molar-refractivity contribution < 1.29 is 13.5 Å². The molecular weight excluding hydrogens is 274 g/mol. The Morgan fingerprint density at radius 1 is 1.32 bits per heavy atom. The van der Waals surface area contributed by atoms with E-state index in [0.717, 1.165) is 12.1 Å². The Balaban J connectivity index is 2.22. The fourth-order valence-corrected chi connectivity index (χ4v) is 1.76. The molecule has 0 heterocycles. The maximum Gasteiger partial charge on any atom is 0.193 e. The van der Waals surface area contributed by atoms with Gasteiger partial charge in [-0.3, -0.25) is 5.41 Å². The summed E-state index contributed by atoms with van der Waals surface area (Å²) in [6.45, 7) is 0.327. The number of rotatable bonds is 5. The summed E-state index contributed by atoms with van der Waals surface area (Å²) in [5.41, 5.74) is 10.2. The van der Waals surface area contributed by atoms with Gasteiger partial charge in [-0.1, -0.05) is 11.8 Å². The van der Waals surface area contributed by atoms with E-state index in [1.807, 2.05) is 0 Å². The van der Waals surface area contributed by atoms with Crippen molar-refractivity contribution in [2.75, 3.05) is 12.4 Å². The highest BCUT2D eigenvalue weighted by Crippen LogP contribution is 2.16. The van der Waals surface area contributed by atoms with Gasteiger partial charge in [0.1, 0.15) is 5.75 Å². The Hall–Kier alpha value is -1.83. The van der Waals surface area contributed by atoms with Gasteiger partial charge in [-0.2, -0.15) is 4.99 Å². The minimum Gasteiger partial charge on any atom is -0.493 e. The number of nitrogens with two attached hydrogens (primary N) is 2. The molecule has 19 heavy (non-hydrogen) atoms. The van der Waals surface area contributed by atoms with Gasteiger partial charge < -0.3 is 16.2 Å². The van der Waals surface area contributed by atoms with Gasteiger partial charge in [-0.05, 0) is 18.6 Å². The number of benzene rings is 1. The van der Waals surface area contributed by atoms with Crippen LogP contribution in [-0.4, -0.2) is 23.5 Å². The number of ether oxygens (including phenoxy) is 1. The monoisotopic (exact) mass is 288 g/mol. The van der Waals surface area contributed by atoms with Crippen LogP contribution in [0.1, 0.15) is 6.42 Å². The van der Waals surface area contributed by atoms with Crippen molar-refractivity contribution >= 4 is 22.9 Å². The second-order valence-corrected chi connectivity index (χ2v) is 4.55. The Morgan fingerprint density at radius 3 is 2.68 bits per heavy atom. The van der Waals surface area contributed by atoms with Crippen molar-refractivity contribution in [3.8, 4) is 5.75 Å². The molecule has 0 amide bonds. The van der Waals surface area contributed by atoms with Crippen LogP contribution >= 0.6 is 11.8 Å². The van der Waals surface area contributed by atoms with Crippen LogP contribution in [0.2, 0.25) is 0 Å². The molecular formula is C11H14F2N4OS. The molecule has 0 fully saturated rings. The fourth-order valence-electron chi connectivity index (χ4n) is 1.13. The van der Waals surface area contributed by atoms with E-state index in [9.17, 15) is 8.78 Å². The minimum absolute atomic E-state index is 0.0211. The number of amidine groups is 1. The van der Waals surface area contributed by atoms with Crippen molar-refractivity contribution in [2.45, 2.75) is 6.42 Å². The molecule has 0 aliphatic rings. The second-order valence-electron chi connectivity index (χ2n) is 3.47. The summed E-state index contributed by atoms with van der Waals surface area (Å²) in [6.07, 6.45) is 0.617. The van der Waals surface area contributed by atoms with Crippen molar-refractivity contribution in [2.24, 2.45) is 16.5 Å². The third-order valence-corrected chi connectivity index (χ3v) is 2.78. The van der Waals surface area contributed by atoms with Gasteiger partial charge in [0.25, 0.3) is 0 Å². The van der Waals surface area contributed by atoms with Gasteiger partial charge in [-0.25, -0.2) is 8.78 Å². The standard InChI is InChI=1S/C11H14F2N4OS/c12-8-3-2-7(6-9(8)13)18-4-1-5-19-11(16)17-10(14)15/h2-3,6H,1,4-5H2,(H5,14,15,16,17). The summed E-state index contributed by atoms with van der Waals surface area (Å²) >= 11 is 1.17. The van der Waals surface area contributed by atoms with Crippen molar-refractivity contribution in [3.63, 3.8) is 0 Å². The molecule has 0 spiro atoms. The quantitative estimate of drug-likeness (QED) is 0.436. The molecule has 0 aliphatic heterocycles. The highest BCUT2D eigenvalue weighted by molar-refractivity contribution is 8.13. The molecule has 1 aromatic carbocycles. The Morgan fingerprint density at radius 2 is 2.05 bits per heavy atom. The molecule has 5 N–H and O–H groups in total. The Labute approximate surface area is 113 Å². The molecule has 1 rings (SSSR count). The van der Waals surface area contributed by atoms with Crippen LogP contribution in [0.3, 0.4) is 0 Å². The average molecular weight is 288 g/mol. The maximum absolute atomic E-state index is 12.9. The van der Waals surface area contributed by atoms with Gasteiger partial charge in [-0.15, -0.1) is 0 Å². The highest BCUT2D eigenvalue weighted by atomic mass is 32.2. The van der Waals surface area contributed by atoms with Crippen LogP contribution in [0.4, 0.5) is 8.78 Å². The molecule has 0 bridgehead atoms. The van der Waals surface area contributed by atoms with Gasteiger partial charge in [0.15, 0.2) is 22.8 Å². The summed E-state index contributed by atoms with van der Waals surface area (Å²) in [7, 11) is 0. The number of hydrogen-bond acceptors (Lipinski definition) is 3. The number of nitrogens with zero attached hydrogens (tertiary/aromatic N) is 1. The molecule has 0 saturated heterocycles. The molecule has 0 aliphatic carbocycles. The van der Waals surface area contributed by atoms with E-state index < -0.39 is 11.6 Å². The fraction of sp³-hybridized carbons (Fsp3) is 0.273.